The smallest absolute Gasteiger partial charge is 0.276 e. The summed E-state index contributed by atoms with van der Waals surface area (Å²) in [6.45, 7) is 0.583. The summed E-state index contributed by atoms with van der Waals surface area (Å²) < 4.78 is 5.08. The Morgan fingerprint density at radius 1 is 1.08 bits per heavy atom. The van der Waals surface area contributed by atoms with Crippen molar-refractivity contribution < 1.29 is 9.53 Å². The molecule has 0 bridgehead atoms. The molecule has 126 valence electrons. The normalized spacial score (nSPS) is 10.1. The maximum atomic E-state index is 12.2. The van der Waals surface area contributed by atoms with Crippen LogP contribution in [-0.2, 0) is 6.54 Å². The number of aromatic nitrogens is 3. The van der Waals surface area contributed by atoms with E-state index >= 15 is 0 Å². The lowest BCUT2D eigenvalue weighted by atomic mass is 10.3. The third-order valence-corrected chi connectivity index (χ3v) is 3.44. The van der Waals surface area contributed by atoms with Gasteiger partial charge in [-0.1, -0.05) is 6.07 Å². The molecule has 25 heavy (non-hydrogen) atoms. The lowest BCUT2D eigenvalue weighted by Crippen LogP contribution is -2.14. The highest BCUT2D eigenvalue weighted by Gasteiger charge is 2.09. The molecule has 0 aliphatic heterocycles. The van der Waals surface area contributed by atoms with Gasteiger partial charge in [0, 0.05) is 24.6 Å². The van der Waals surface area contributed by atoms with Crippen LogP contribution in [-0.4, -0.2) is 28.2 Å². The number of hydrogen-bond donors (Lipinski definition) is 2. The highest BCUT2D eigenvalue weighted by Crippen LogP contribution is 2.15. The van der Waals surface area contributed by atoms with Gasteiger partial charge in [-0.2, -0.15) is 0 Å². The summed E-state index contributed by atoms with van der Waals surface area (Å²) in [7, 11) is 1.59. The standard InChI is InChI=1S/C18H17N5O2/c1-25-15-6-4-14(5-7-15)21-18(24)16-8-9-17(23-22-16)20-12-13-3-2-10-19-11-13/h2-11H,12H2,1H3,(H,20,23)(H,21,24). The molecule has 0 aliphatic rings. The first kappa shape index (κ1) is 16.4. The number of nitrogens with one attached hydrogen (secondary N) is 2. The second-order valence-electron chi connectivity index (χ2n) is 5.20. The van der Waals surface area contributed by atoms with E-state index in [-0.39, 0.29) is 11.6 Å². The van der Waals surface area contributed by atoms with Gasteiger partial charge in [-0.3, -0.25) is 9.78 Å². The van der Waals surface area contributed by atoms with Crippen molar-refractivity contribution >= 4 is 17.4 Å². The van der Waals surface area contributed by atoms with E-state index in [2.05, 4.69) is 25.8 Å². The molecule has 0 unspecified atom stereocenters. The zero-order valence-corrected chi connectivity index (χ0v) is 13.6. The minimum atomic E-state index is -0.323. The van der Waals surface area contributed by atoms with Gasteiger partial charge >= 0.3 is 0 Å². The SMILES string of the molecule is COc1ccc(NC(=O)c2ccc(NCc3cccnc3)nn2)cc1. The first-order valence-electron chi connectivity index (χ1n) is 7.66. The summed E-state index contributed by atoms with van der Waals surface area (Å²) in [4.78, 5) is 16.2. The number of pyridine rings is 1. The number of hydrogen-bond acceptors (Lipinski definition) is 6. The molecule has 7 nitrogen and oxygen atoms in total. The van der Waals surface area contributed by atoms with Crippen molar-refractivity contribution in [1.82, 2.24) is 15.2 Å². The van der Waals surface area contributed by atoms with Crippen molar-refractivity contribution in [3.05, 3.63) is 72.2 Å². The van der Waals surface area contributed by atoms with E-state index in [1.807, 2.05) is 12.1 Å². The van der Waals surface area contributed by atoms with Gasteiger partial charge in [-0.05, 0) is 48.0 Å². The van der Waals surface area contributed by atoms with Crippen LogP contribution in [0.4, 0.5) is 11.5 Å². The molecule has 0 spiro atoms. The number of benzene rings is 1. The van der Waals surface area contributed by atoms with Gasteiger partial charge in [-0.25, -0.2) is 0 Å². The number of carbonyl (C=O) groups is 1. The molecule has 0 aliphatic carbocycles. The van der Waals surface area contributed by atoms with Crippen LogP contribution in [0.5, 0.6) is 5.75 Å². The summed E-state index contributed by atoms with van der Waals surface area (Å²) in [5.41, 5.74) is 1.93. The number of carbonyl (C=O) groups excluding carboxylic acids is 1. The van der Waals surface area contributed by atoms with Gasteiger partial charge in [0.1, 0.15) is 11.6 Å². The second-order valence-corrected chi connectivity index (χ2v) is 5.20. The first-order chi connectivity index (χ1) is 12.2. The Labute approximate surface area is 145 Å². The molecule has 7 heteroatoms. The Hall–Kier alpha value is -3.48. The van der Waals surface area contributed by atoms with E-state index in [0.29, 0.717) is 18.1 Å². The number of methoxy groups -OCH3 is 1. The molecule has 3 rings (SSSR count). The Morgan fingerprint density at radius 3 is 2.56 bits per heavy atom. The zero-order chi connectivity index (χ0) is 17.5. The van der Waals surface area contributed by atoms with Crippen LogP contribution in [0.25, 0.3) is 0 Å². The van der Waals surface area contributed by atoms with Crippen LogP contribution in [0, 0.1) is 0 Å². The zero-order valence-electron chi connectivity index (χ0n) is 13.6. The predicted octanol–water partition coefficient (Wildman–Crippen LogP) is 2.74. The quantitative estimate of drug-likeness (QED) is 0.720. The number of anilines is 2. The molecule has 2 aromatic heterocycles. The average Bonchev–Trinajstić information content (AvgIpc) is 2.68. The fourth-order valence-electron chi connectivity index (χ4n) is 2.11. The van der Waals surface area contributed by atoms with Gasteiger partial charge in [0.25, 0.3) is 5.91 Å². The average molecular weight is 335 g/mol. The predicted molar refractivity (Wildman–Crippen MR) is 94.5 cm³/mol. The fourth-order valence-corrected chi connectivity index (χ4v) is 2.11. The van der Waals surface area contributed by atoms with E-state index < -0.39 is 0 Å². The number of rotatable bonds is 6. The highest BCUT2D eigenvalue weighted by atomic mass is 16.5. The third-order valence-electron chi connectivity index (χ3n) is 3.44. The summed E-state index contributed by atoms with van der Waals surface area (Å²) >= 11 is 0. The van der Waals surface area contributed by atoms with Gasteiger partial charge in [0.2, 0.25) is 0 Å². The summed E-state index contributed by atoms with van der Waals surface area (Å²) in [6.07, 6.45) is 3.50. The van der Waals surface area contributed by atoms with Crippen molar-refractivity contribution in [2.24, 2.45) is 0 Å². The molecule has 0 saturated carbocycles. The van der Waals surface area contributed by atoms with Gasteiger partial charge in [-0.15, -0.1) is 10.2 Å². The van der Waals surface area contributed by atoms with Crippen molar-refractivity contribution in [3.63, 3.8) is 0 Å². The Balaban J connectivity index is 1.58. The molecule has 0 saturated heterocycles. The number of ether oxygens (including phenoxy) is 1. The molecule has 3 aromatic rings. The second kappa shape index (κ2) is 7.87. The molecule has 0 fully saturated rings. The maximum Gasteiger partial charge on any atom is 0.276 e. The van der Waals surface area contributed by atoms with Crippen molar-refractivity contribution in [2.45, 2.75) is 6.54 Å². The lowest BCUT2D eigenvalue weighted by molar-refractivity contribution is 0.102. The topological polar surface area (TPSA) is 89.0 Å². The van der Waals surface area contributed by atoms with Crippen LogP contribution in [0.1, 0.15) is 16.1 Å². The van der Waals surface area contributed by atoms with E-state index in [1.54, 1.807) is 55.9 Å². The first-order valence-corrected chi connectivity index (χ1v) is 7.66. The van der Waals surface area contributed by atoms with Crippen molar-refractivity contribution in [2.75, 3.05) is 17.7 Å². The monoisotopic (exact) mass is 335 g/mol. The van der Waals surface area contributed by atoms with E-state index in [0.717, 1.165) is 11.3 Å². The van der Waals surface area contributed by atoms with Crippen LogP contribution < -0.4 is 15.4 Å². The summed E-state index contributed by atoms with van der Waals surface area (Å²) in [5.74, 6) is 0.989. The molecule has 0 atom stereocenters. The number of nitrogens with zero attached hydrogens (tertiary/aromatic N) is 3. The van der Waals surface area contributed by atoms with Crippen LogP contribution in [0.2, 0.25) is 0 Å². The molecule has 2 N–H and O–H groups in total. The van der Waals surface area contributed by atoms with Crippen LogP contribution in [0.15, 0.2) is 60.9 Å². The molecule has 2 heterocycles. The van der Waals surface area contributed by atoms with Gasteiger partial charge < -0.3 is 15.4 Å². The van der Waals surface area contributed by atoms with E-state index in [9.17, 15) is 4.79 Å². The minimum absolute atomic E-state index is 0.239. The lowest BCUT2D eigenvalue weighted by Gasteiger charge is -2.07. The minimum Gasteiger partial charge on any atom is -0.497 e. The molecular weight excluding hydrogens is 318 g/mol. The molecule has 1 aromatic carbocycles. The van der Waals surface area contributed by atoms with E-state index in [1.165, 1.54) is 0 Å². The molecule has 1 amide bonds. The van der Waals surface area contributed by atoms with Gasteiger partial charge in [0.15, 0.2) is 5.69 Å². The van der Waals surface area contributed by atoms with Crippen LogP contribution >= 0.6 is 0 Å². The molecular formula is C18H17N5O2. The summed E-state index contributed by atoms with van der Waals surface area (Å²) in [6, 6.07) is 14.2. The van der Waals surface area contributed by atoms with E-state index in [4.69, 9.17) is 4.74 Å². The fraction of sp³-hybridized carbons (Fsp3) is 0.111. The Bertz CT molecular complexity index is 820. The van der Waals surface area contributed by atoms with Crippen molar-refractivity contribution in [3.8, 4) is 5.75 Å². The Kier molecular flexibility index (Phi) is 5.16. The number of amides is 1. The van der Waals surface area contributed by atoms with Crippen molar-refractivity contribution in [1.29, 1.82) is 0 Å². The summed E-state index contributed by atoms with van der Waals surface area (Å²) in [5, 5.41) is 13.9. The van der Waals surface area contributed by atoms with Gasteiger partial charge in [0.05, 0.1) is 7.11 Å². The van der Waals surface area contributed by atoms with Crippen LogP contribution in [0.3, 0.4) is 0 Å². The maximum absolute atomic E-state index is 12.2. The third kappa shape index (κ3) is 4.51. The molecule has 0 radical (unpaired) electrons. The largest absolute Gasteiger partial charge is 0.497 e. The highest BCUT2D eigenvalue weighted by molar-refractivity contribution is 6.02. The Morgan fingerprint density at radius 2 is 1.92 bits per heavy atom.